The van der Waals surface area contributed by atoms with Crippen molar-refractivity contribution in [2.75, 3.05) is 11.9 Å². The number of imide groups is 1. The summed E-state index contributed by atoms with van der Waals surface area (Å²) in [6.45, 7) is 2.90. The van der Waals surface area contributed by atoms with Crippen molar-refractivity contribution >= 4 is 35.0 Å². The van der Waals surface area contributed by atoms with Crippen molar-refractivity contribution in [2.45, 2.75) is 20.0 Å². The number of benzene rings is 3. The molecule has 4 rings (SSSR count). The molecule has 0 atom stereocenters. The molecule has 1 heterocycles. The SMILES string of the molecule is CCOc1ccc(NC(=O)c2ccc(CNC3=C(Cl)C(=O)N(Cc4ccccc4)C3=O)cc2)cc1. The van der Waals surface area contributed by atoms with E-state index in [1.807, 2.05) is 37.3 Å². The van der Waals surface area contributed by atoms with Gasteiger partial charge in [-0.1, -0.05) is 54.1 Å². The van der Waals surface area contributed by atoms with Gasteiger partial charge in [0.1, 0.15) is 16.5 Å². The summed E-state index contributed by atoms with van der Waals surface area (Å²) in [5.74, 6) is -0.490. The first-order valence-corrected chi connectivity index (χ1v) is 11.5. The summed E-state index contributed by atoms with van der Waals surface area (Å²) in [6.07, 6.45) is 0. The molecule has 0 bridgehead atoms. The quantitative estimate of drug-likeness (QED) is 0.434. The second kappa shape index (κ2) is 10.9. The minimum absolute atomic E-state index is 0.0740. The average molecular weight is 490 g/mol. The first-order chi connectivity index (χ1) is 17.0. The highest BCUT2D eigenvalue weighted by Crippen LogP contribution is 2.24. The molecule has 7 nitrogen and oxygen atoms in total. The maximum absolute atomic E-state index is 12.8. The second-order valence-electron chi connectivity index (χ2n) is 7.83. The molecule has 35 heavy (non-hydrogen) atoms. The maximum Gasteiger partial charge on any atom is 0.278 e. The molecular formula is C27H24ClN3O4. The summed E-state index contributed by atoms with van der Waals surface area (Å²) >= 11 is 6.17. The van der Waals surface area contributed by atoms with Crippen LogP contribution in [0.1, 0.15) is 28.4 Å². The third-order valence-electron chi connectivity index (χ3n) is 5.40. The van der Waals surface area contributed by atoms with Crippen LogP contribution in [0.25, 0.3) is 0 Å². The monoisotopic (exact) mass is 489 g/mol. The van der Waals surface area contributed by atoms with Gasteiger partial charge >= 0.3 is 0 Å². The Balaban J connectivity index is 1.34. The van der Waals surface area contributed by atoms with Crippen molar-refractivity contribution in [2.24, 2.45) is 0 Å². The van der Waals surface area contributed by atoms with Crippen LogP contribution >= 0.6 is 11.6 Å². The third-order valence-corrected chi connectivity index (χ3v) is 5.75. The number of hydrogen-bond donors (Lipinski definition) is 2. The number of amides is 3. The Morgan fingerprint density at radius 1 is 0.886 bits per heavy atom. The summed E-state index contributed by atoms with van der Waals surface area (Å²) in [6, 6.07) is 23.3. The van der Waals surface area contributed by atoms with Gasteiger partial charge in [-0.3, -0.25) is 19.3 Å². The lowest BCUT2D eigenvalue weighted by Crippen LogP contribution is -2.33. The molecule has 1 aliphatic heterocycles. The molecule has 8 heteroatoms. The van der Waals surface area contributed by atoms with Crippen molar-refractivity contribution in [3.05, 3.63) is 106 Å². The van der Waals surface area contributed by atoms with Gasteiger partial charge in [0.05, 0.1) is 13.2 Å². The highest BCUT2D eigenvalue weighted by atomic mass is 35.5. The van der Waals surface area contributed by atoms with Gasteiger partial charge in [-0.25, -0.2) is 0 Å². The van der Waals surface area contributed by atoms with Crippen molar-refractivity contribution in [1.82, 2.24) is 10.2 Å². The van der Waals surface area contributed by atoms with Crippen LogP contribution in [0.3, 0.4) is 0 Å². The fraction of sp³-hybridized carbons (Fsp3) is 0.148. The van der Waals surface area contributed by atoms with Gasteiger partial charge in [-0.2, -0.15) is 0 Å². The normalized spacial score (nSPS) is 13.3. The molecule has 0 aliphatic carbocycles. The number of carbonyl (C=O) groups excluding carboxylic acids is 3. The number of nitrogens with one attached hydrogen (secondary N) is 2. The van der Waals surface area contributed by atoms with Gasteiger partial charge in [0.15, 0.2) is 0 Å². The van der Waals surface area contributed by atoms with Crippen LogP contribution < -0.4 is 15.4 Å². The molecular weight excluding hydrogens is 466 g/mol. The van der Waals surface area contributed by atoms with Gasteiger partial charge < -0.3 is 15.4 Å². The Morgan fingerprint density at radius 2 is 1.57 bits per heavy atom. The summed E-state index contributed by atoms with van der Waals surface area (Å²) in [5.41, 5.74) is 2.88. The van der Waals surface area contributed by atoms with E-state index in [-0.39, 0.29) is 29.7 Å². The summed E-state index contributed by atoms with van der Waals surface area (Å²) < 4.78 is 5.40. The molecule has 3 amide bonds. The predicted octanol–water partition coefficient (Wildman–Crippen LogP) is 4.45. The van der Waals surface area contributed by atoms with E-state index >= 15 is 0 Å². The number of nitrogens with zero attached hydrogens (tertiary/aromatic N) is 1. The summed E-state index contributed by atoms with van der Waals surface area (Å²) in [5, 5.41) is 5.69. The molecule has 0 unspecified atom stereocenters. The molecule has 0 fully saturated rings. The minimum atomic E-state index is -0.524. The highest BCUT2D eigenvalue weighted by molar-refractivity contribution is 6.47. The van der Waals surface area contributed by atoms with E-state index in [0.717, 1.165) is 21.8 Å². The fourth-order valence-corrected chi connectivity index (χ4v) is 3.83. The van der Waals surface area contributed by atoms with Crippen LogP contribution in [0, 0.1) is 0 Å². The fourth-order valence-electron chi connectivity index (χ4n) is 3.58. The first kappa shape index (κ1) is 24.0. The molecule has 178 valence electrons. The largest absolute Gasteiger partial charge is 0.494 e. The van der Waals surface area contributed by atoms with E-state index in [9.17, 15) is 14.4 Å². The van der Waals surface area contributed by atoms with Gasteiger partial charge in [0.25, 0.3) is 17.7 Å². The molecule has 0 saturated carbocycles. The Bertz CT molecular complexity index is 1260. The van der Waals surface area contributed by atoms with E-state index < -0.39 is 11.8 Å². The zero-order chi connectivity index (χ0) is 24.8. The molecule has 0 radical (unpaired) electrons. The Morgan fingerprint density at radius 3 is 2.23 bits per heavy atom. The number of hydrogen-bond acceptors (Lipinski definition) is 5. The third kappa shape index (κ3) is 5.70. The zero-order valence-electron chi connectivity index (χ0n) is 19.1. The first-order valence-electron chi connectivity index (χ1n) is 11.1. The highest BCUT2D eigenvalue weighted by Gasteiger charge is 2.37. The molecule has 0 aromatic heterocycles. The van der Waals surface area contributed by atoms with Gasteiger partial charge in [-0.05, 0) is 54.4 Å². The standard InChI is InChI=1S/C27H24ClN3O4/c1-2-35-22-14-12-21(13-15-22)30-25(32)20-10-8-18(9-11-20)16-29-24-23(28)26(33)31(27(24)34)17-19-6-4-3-5-7-19/h3-15,29H,2,16-17H2,1H3,(H,30,32). The summed E-state index contributed by atoms with van der Waals surface area (Å²) in [4.78, 5) is 38.9. The molecule has 0 saturated heterocycles. The average Bonchev–Trinajstić information content (AvgIpc) is 3.08. The number of ether oxygens (including phenoxy) is 1. The lowest BCUT2D eigenvalue weighted by atomic mass is 10.1. The van der Waals surface area contributed by atoms with Crippen LogP contribution in [0.15, 0.2) is 89.6 Å². The van der Waals surface area contributed by atoms with Crippen molar-refractivity contribution in [3.8, 4) is 5.75 Å². The Hall–Kier alpha value is -4.10. The van der Waals surface area contributed by atoms with Crippen molar-refractivity contribution in [3.63, 3.8) is 0 Å². The van der Waals surface area contributed by atoms with Gasteiger partial charge in [-0.15, -0.1) is 0 Å². The number of anilines is 1. The topological polar surface area (TPSA) is 87.7 Å². The van der Waals surface area contributed by atoms with Gasteiger partial charge in [0.2, 0.25) is 0 Å². The number of halogens is 1. The molecule has 1 aliphatic rings. The van der Waals surface area contributed by atoms with Crippen LogP contribution in [0.4, 0.5) is 5.69 Å². The van der Waals surface area contributed by atoms with Gasteiger partial charge in [0, 0.05) is 17.8 Å². The van der Waals surface area contributed by atoms with Crippen molar-refractivity contribution < 1.29 is 19.1 Å². The Kier molecular flexibility index (Phi) is 7.48. The predicted molar refractivity (Wildman–Crippen MR) is 134 cm³/mol. The van der Waals surface area contributed by atoms with E-state index in [4.69, 9.17) is 16.3 Å². The van der Waals surface area contributed by atoms with Crippen LogP contribution in [-0.2, 0) is 22.7 Å². The lowest BCUT2D eigenvalue weighted by Gasteiger charge is -2.15. The van der Waals surface area contributed by atoms with Crippen LogP contribution in [0.5, 0.6) is 5.75 Å². The second-order valence-corrected chi connectivity index (χ2v) is 8.21. The van der Waals surface area contributed by atoms with Crippen molar-refractivity contribution in [1.29, 1.82) is 0 Å². The molecule has 2 N–H and O–H groups in total. The maximum atomic E-state index is 12.8. The lowest BCUT2D eigenvalue weighted by molar-refractivity contribution is -0.138. The smallest absolute Gasteiger partial charge is 0.278 e. The van der Waals surface area contributed by atoms with E-state index in [1.165, 1.54) is 0 Å². The zero-order valence-corrected chi connectivity index (χ0v) is 19.8. The molecule has 3 aromatic carbocycles. The number of carbonyl (C=O) groups is 3. The molecule has 3 aromatic rings. The van der Waals surface area contributed by atoms with Crippen LogP contribution in [0.2, 0.25) is 0 Å². The Labute approximate surface area is 208 Å². The van der Waals surface area contributed by atoms with E-state index in [2.05, 4.69) is 10.6 Å². The van der Waals surface area contributed by atoms with E-state index in [0.29, 0.717) is 17.9 Å². The summed E-state index contributed by atoms with van der Waals surface area (Å²) in [7, 11) is 0. The van der Waals surface area contributed by atoms with E-state index in [1.54, 1.807) is 48.5 Å². The number of rotatable bonds is 9. The molecule has 0 spiro atoms. The minimum Gasteiger partial charge on any atom is -0.494 e. The van der Waals surface area contributed by atoms with Crippen LogP contribution in [-0.4, -0.2) is 29.2 Å².